The molecule has 7 rings (SSSR count). The maximum atomic E-state index is 14.6. The van der Waals surface area contributed by atoms with Gasteiger partial charge in [-0.3, -0.25) is 9.78 Å². The summed E-state index contributed by atoms with van der Waals surface area (Å²) >= 11 is 0. The third-order valence-corrected chi connectivity index (χ3v) is 7.86. The zero-order chi connectivity index (χ0) is 25.8. The third kappa shape index (κ3) is 3.77. The van der Waals surface area contributed by atoms with Crippen LogP contribution in [-0.2, 0) is 6.54 Å². The summed E-state index contributed by atoms with van der Waals surface area (Å²) < 4.78 is 22.9. The van der Waals surface area contributed by atoms with E-state index >= 15 is 0 Å². The lowest BCUT2D eigenvalue weighted by atomic mass is 10.0. The van der Waals surface area contributed by atoms with Gasteiger partial charge in [-0.05, 0) is 43.2 Å². The van der Waals surface area contributed by atoms with Crippen LogP contribution in [0.25, 0.3) is 10.9 Å². The van der Waals surface area contributed by atoms with Crippen molar-refractivity contribution in [3.8, 4) is 5.75 Å². The number of carbonyl (C=O) groups excluding carboxylic acids is 1. The van der Waals surface area contributed by atoms with Crippen LogP contribution in [0.2, 0.25) is 0 Å². The summed E-state index contributed by atoms with van der Waals surface area (Å²) in [6.07, 6.45) is 4.54. The molecule has 2 atom stereocenters. The highest BCUT2D eigenvalue weighted by Crippen LogP contribution is 2.50. The predicted molar refractivity (Wildman–Crippen MR) is 144 cm³/mol. The fourth-order valence-corrected chi connectivity index (χ4v) is 6.04. The van der Waals surface area contributed by atoms with Gasteiger partial charge in [0.05, 0.1) is 30.7 Å². The molecule has 2 aromatic carbocycles. The number of likely N-dealkylation sites (tertiary alicyclic amines) is 1. The quantitative estimate of drug-likeness (QED) is 0.428. The van der Waals surface area contributed by atoms with Gasteiger partial charge < -0.3 is 30.2 Å². The van der Waals surface area contributed by atoms with E-state index in [9.17, 15) is 9.18 Å². The lowest BCUT2D eigenvalue weighted by molar-refractivity contribution is 0.0708. The number of nitrogens with one attached hydrogen (secondary N) is 1. The molecular weight excluding hydrogens is 483 g/mol. The van der Waals surface area contributed by atoms with Crippen molar-refractivity contribution in [2.75, 3.05) is 36.5 Å². The number of para-hydroxylation sites is 1. The Hall–Kier alpha value is -4.11. The Bertz CT molecular complexity index is 1550. The van der Waals surface area contributed by atoms with Gasteiger partial charge in [-0.2, -0.15) is 0 Å². The van der Waals surface area contributed by atoms with Gasteiger partial charge in [0.1, 0.15) is 30.0 Å². The Kier molecular flexibility index (Phi) is 5.47. The first kappa shape index (κ1) is 23.0. The molecule has 3 aliphatic heterocycles. The number of fused-ring (bicyclic) bond motifs is 1. The number of rotatable bonds is 4. The van der Waals surface area contributed by atoms with Crippen molar-refractivity contribution in [1.29, 1.82) is 0 Å². The summed E-state index contributed by atoms with van der Waals surface area (Å²) in [5.74, 6) is 0.358. The van der Waals surface area contributed by atoms with Crippen LogP contribution in [-0.4, -0.2) is 52.6 Å². The van der Waals surface area contributed by atoms with Crippen LogP contribution in [0.5, 0.6) is 5.75 Å². The van der Waals surface area contributed by atoms with Crippen LogP contribution in [0, 0.1) is 5.82 Å². The smallest absolute Gasteiger partial charge is 0.254 e. The molecule has 4 aromatic rings. The lowest BCUT2D eigenvalue weighted by Crippen LogP contribution is -2.45. The second-order valence-electron chi connectivity index (χ2n) is 10.3. The molecule has 1 amide bonds. The zero-order valence-electron chi connectivity index (χ0n) is 20.9. The van der Waals surface area contributed by atoms with E-state index in [0.29, 0.717) is 49.7 Å². The van der Waals surface area contributed by atoms with E-state index < -0.39 is 0 Å². The van der Waals surface area contributed by atoms with Gasteiger partial charge in [0, 0.05) is 47.4 Å². The van der Waals surface area contributed by atoms with Gasteiger partial charge in [-0.15, -0.1) is 0 Å². The van der Waals surface area contributed by atoms with Crippen LogP contribution in [0.15, 0.2) is 60.9 Å². The number of carbonyl (C=O) groups is 1. The first-order valence-electron chi connectivity index (χ1n) is 13.1. The topological polar surface area (TPSA) is 88.7 Å². The van der Waals surface area contributed by atoms with E-state index in [4.69, 9.17) is 10.5 Å². The number of piperidine rings is 1. The van der Waals surface area contributed by atoms with E-state index in [1.54, 1.807) is 12.3 Å². The van der Waals surface area contributed by atoms with Crippen molar-refractivity contribution >= 4 is 28.2 Å². The Morgan fingerprint density at radius 3 is 2.95 bits per heavy atom. The summed E-state index contributed by atoms with van der Waals surface area (Å²) in [6.45, 7) is 2.86. The van der Waals surface area contributed by atoms with E-state index in [1.165, 1.54) is 6.20 Å². The fraction of sp³-hybridized carbons (Fsp3) is 0.310. The minimum Gasteiger partial charge on any atom is -0.489 e. The number of amides is 1. The number of aromatic nitrogens is 2. The molecule has 9 heteroatoms. The number of anilines is 2. The van der Waals surface area contributed by atoms with Crippen LogP contribution < -0.4 is 20.7 Å². The SMILES string of the molecule is NC1CCCN(C(=O)c2cc3c4c(c2)OCCN4[C@H](c2cc4ccccc4n2Cc2ccncc2F)N3)C1. The minimum atomic E-state index is -0.326. The van der Waals surface area contributed by atoms with Gasteiger partial charge in [0.2, 0.25) is 0 Å². The molecule has 1 fully saturated rings. The number of halogens is 1. The average Bonchev–Trinajstić information content (AvgIpc) is 3.49. The second kappa shape index (κ2) is 9.02. The van der Waals surface area contributed by atoms with Crippen molar-refractivity contribution in [1.82, 2.24) is 14.5 Å². The molecule has 38 heavy (non-hydrogen) atoms. The highest BCUT2D eigenvalue weighted by atomic mass is 19.1. The second-order valence-corrected chi connectivity index (χ2v) is 10.3. The summed E-state index contributed by atoms with van der Waals surface area (Å²) in [6, 6.07) is 15.8. The number of hydrogen-bond acceptors (Lipinski definition) is 6. The maximum Gasteiger partial charge on any atom is 0.254 e. The summed E-state index contributed by atoms with van der Waals surface area (Å²) in [5.41, 5.74) is 11.2. The Labute approximate surface area is 219 Å². The monoisotopic (exact) mass is 512 g/mol. The highest BCUT2D eigenvalue weighted by Gasteiger charge is 2.38. The van der Waals surface area contributed by atoms with Gasteiger partial charge in [-0.25, -0.2) is 4.39 Å². The molecule has 1 saturated heterocycles. The fourth-order valence-electron chi connectivity index (χ4n) is 6.04. The molecule has 3 aliphatic rings. The van der Waals surface area contributed by atoms with Crippen molar-refractivity contribution < 1.29 is 13.9 Å². The van der Waals surface area contributed by atoms with Gasteiger partial charge in [-0.1, -0.05) is 18.2 Å². The lowest BCUT2D eigenvalue weighted by Gasteiger charge is -2.33. The van der Waals surface area contributed by atoms with Crippen molar-refractivity contribution in [2.45, 2.75) is 31.6 Å². The van der Waals surface area contributed by atoms with E-state index in [2.05, 4.69) is 38.0 Å². The van der Waals surface area contributed by atoms with E-state index in [-0.39, 0.29) is 23.9 Å². The zero-order valence-corrected chi connectivity index (χ0v) is 20.9. The first-order valence-corrected chi connectivity index (χ1v) is 13.1. The van der Waals surface area contributed by atoms with Crippen LogP contribution in [0.3, 0.4) is 0 Å². The number of benzene rings is 2. The van der Waals surface area contributed by atoms with Crippen LogP contribution in [0.4, 0.5) is 15.8 Å². The Balaban J connectivity index is 1.28. The highest BCUT2D eigenvalue weighted by molar-refractivity contribution is 5.99. The van der Waals surface area contributed by atoms with Crippen molar-refractivity contribution in [3.05, 3.63) is 83.6 Å². The molecule has 194 valence electrons. The third-order valence-electron chi connectivity index (χ3n) is 7.86. The van der Waals surface area contributed by atoms with E-state index in [1.807, 2.05) is 29.2 Å². The Morgan fingerprint density at radius 2 is 2.08 bits per heavy atom. The maximum absolute atomic E-state index is 14.6. The largest absolute Gasteiger partial charge is 0.489 e. The summed E-state index contributed by atoms with van der Waals surface area (Å²) in [7, 11) is 0. The van der Waals surface area contributed by atoms with Gasteiger partial charge in [0.15, 0.2) is 0 Å². The first-order chi connectivity index (χ1) is 18.6. The standard InChI is InChI=1S/C29H29FN6O2/c30-22-15-32-8-7-19(22)16-36-24-6-2-1-4-18(24)13-25(36)28-33-23-12-20(14-26-27(23)35(28)10-11-38-26)29(37)34-9-3-5-21(31)17-34/h1-2,4,6-8,12-15,21,28,33H,3,5,9-11,16-17,31H2/t21?,28-/m1/s1. The number of nitrogens with two attached hydrogens (primary N) is 1. The normalized spacial score (nSPS) is 20.3. The molecule has 0 spiro atoms. The van der Waals surface area contributed by atoms with Crippen molar-refractivity contribution in [3.63, 3.8) is 0 Å². The molecule has 3 N–H and O–H groups in total. The predicted octanol–water partition coefficient (Wildman–Crippen LogP) is 4.11. The molecule has 0 aliphatic carbocycles. The van der Waals surface area contributed by atoms with Crippen LogP contribution in [0.1, 0.15) is 40.6 Å². The molecular formula is C29H29FN6O2. The van der Waals surface area contributed by atoms with Gasteiger partial charge >= 0.3 is 0 Å². The van der Waals surface area contributed by atoms with Gasteiger partial charge in [0.25, 0.3) is 5.91 Å². The summed E-state index contributed by atoms with van der Waals surface area (Å²) in [4.78, 5) is 21.4. The molecule has 0 bridgehead atoms. The summed E-state index contributed by atoms with van der Waals surface area (Å²) in [5, 5.41) is 4.75. The Morgan fingerprint density at radius 1 is 1.18 bits per heavy atom. The molecule has 1 unspecified atom stereocenters. The number of hydrogen-bond donors (Lipinski definition) is 2. The number of nitrogens with zero attached hydrogens (tertiary/aromatic N) is 4. The number of ether oxygens (including phenoxy) is 1. The van der Waals surface area contributed by atoms with E-state index in [0.717, 1.165) is 40.8 Å². The number of pyridine rings is 1. The molecule has 0 radical (unpaired) electrons. The molecule has 8 nitrogen and oxygen atoms in total. The molecule has 0 saturated carbocycles. The van der Waals surface area contributed by atoms with Crippen LogP contribution >= 0.6 is 0 Å². The average molecular weight is 513 g/mol. The molecule has 2 aromatic heterocycles. The minimum absolute atomic E-state index is 0.0156. The molecule has 5 heterocycles. The van der Waals surface area contributed by atoms with Crippen molar-refractivity contribution in [2.24, 2.45) is 5.73 Å².